The van der Waals surface area contributed by atoms with Crippen LogP contribution in [0.5, 0.6) is 0 Å². The lowest BCUT2D eigenvalue weighted by Gasteiger charge is -2.07. The average Bonchev–Trinajstić information content (AvgIpc) is 2.60. The van der Waals surface area contributed by atoms with Crippen molar-refractivity contribution in [2.45, 2.75) is 39.0 Å². The number of halogens is 1. The highest BCUT2D eigenvalue weighted by atomic mass is 79.9. The Bertz CT molecular complexity index is 470. The van der Waals surface area contributed by atoms with Gasteiger partial charge in [-0.3, -0.25) is 4.79 Å². The number of rotatable bonds is 5. The molecular formula is C14H19BrN2OS. The SMILES string of the molecule is Cc1c(N=CN(C=O)CCBr)sc2c1CCCCC2. The molecule has 0 saturated heterocycles. The summed E-state index contributed by atoms with van der Waals surface area (Å²) < 4.78 is 0. The lowest BCUT2D eigenvalue weighted by atomic mass is 10.1. The van der Waals surface area contributed by atoms with Gasteiger partial charge in [-0.15, -0.1) is 11.3 Å². The van der Waals surface area contributed by atoms with Crippen LogP contribution in [0.25, 0.3) is 0 Å². The molecule has 0 spiro atoms. The summed E-state index contributed by atoms with van der Waals surface area (Å²) in [5, 5.41) is 1.82. The first-order chi connectivity index (χ1) is 9.26. The van der Waals surface area contributed by atoms with E-state index in [1.54, 1.807) is 22.6 Å². The zero-order valence-corrected chi connectivity index (χ0v) is 13.6. The molecule has 2 rings (SSSR count). The van der Waals surface area contributed by atoms with Gasteiger partial charge in [-0.2, -0.15) is 0 Å². The summed E-state index contributed by atoms with van der Waals surface area (Å²) in [6, 6.07) is 0. The van der Waals surface area contributed by atoms with Crippen LogP contribution in [0.1, 0.15) is 35.3 Å². The smallest absolute Gasteiger partial charge is 0.214 e. The second-order valence-corrected chi connectivity index (χ2v) is 6.65. The quantitative estimate of drug-likeness (QED) is 0.263. The zero-order chi connectivity index (χ0) is 13.7. The molecule has 0 fully saturated rings. The number of amides is 1. The van der Waals surface area contributed by atoms with E-state index in [1.165, 1.54) is 48.1 Å². The van der Waals surface area contributed by atoms with E-state index in [9.17, 15) is 4.79 Å². The minimum Gasteiger partial charge on any atom is -0.305 e. The van der Waals surface area contributed by atoms with Crippen LogP contribution >= 0.6 is 27.3 Å². The van der Waals surface area contributed by atoms with Crippen LogP contribution in [0.3, 0.4) is 0 Å². The lowest BCUT2D eigenvalue weighted by molar-refractivity contribution is -0.114. The Hall–Kier alpha value is -0.680. The first-order valence-electron chi connectivity index (χ1n) is 6.68. The molecule has 5 heteroatoms. The lowest BCUT2D eigenvalue weighted by Crippen LogP contribution is -2.21. The minimum absolute atomic E-state index is 0.650. The van der Waals surface area contributed by atoms with Gasteiger partial charge in [0.15, 0.2) is 0 Å². The van der Waals surface area contributed by atoms with Crippen LogP contribution in [-0.2, 0) is 17.6 Å². The third kappa shape index (κ3) is 3.66. The Kier molecular flexibility index (Phi) is 5.58. The first kappa shape index (κ1) is 14.7. The normalized spacial score (nSPS) is 15.3. The summed E-state index contributed by atoms with van der Waals surface area (Å²) in [5.41, 5.74) is 2.82. The van der Waals surface area contributed by atoms with Crippen LogP contribution in [0.4, 0.5) is 5.00 Å². The van der Waals surface area contributed by atoms with Crippen molar-refractivity contribution in [3.8, 4) is 0 Å². The fraction of sp³-hybridized carbons (Fsp3) is 0.571. The van der Waals surface area contributed by atoms with Crippen molar-refractivity contribution < 1.29 is 4.79 Å². The maximum atomic E-state index is 10.9. The number of hydrogen-bond donors (Lipinski definition) is 0. The molecule has 104 valence electrons. The number of nitrogens with zero attached hydrogens (tertiary/aromatic N) is 2. The fourth-order valence-electron chi connectivity index (χ4n) is 2.37. The standard InChI is InChI=1S/C14H19BrN2OS/c1-11-12-5-3-2-4-6-13(12)19-14(11)16-9-17(10-18)8-7-15/h9-10H,2-8H2,1H3. The monoisotopic (exact) mass is 342 g/mol. The third-order valence-corrected chi connectivity index (χ3v) is 5.12. The fourth-order valence-corrected chi connectivity index (χ4v) is 4.01. The summed E-state index contributed by atoms with van der Waals surface area (Å²) >= 11 is 5.12. The predicted molar refractivity (Wildman–Crippen MR) is 85.0 cm³/mol. The highest BCUT2D eigenvalue weighted by Gasteiger charge is 2.16. The second-order valence-electron chi connectivity index (χ2n) is 4.77. The first-order valence-corrected chi connectivity index (χ1v) is 8.62. The topological polar surface area (TPSA) is 32.7 Å². The van der Waals surface area contributed by atoms with Crippen molar-refractivity contribution in [3.05, 3.63) is 16.0 Å². The van der Waals surface area contributed by atoms with Crippen LogP contribution in [-0.4, -0.2) is 29.5 Å². The largest absolute Gasteiger partial charge is 0.305 e. The van der Waals surface area contributed by atoms with Crippen molar-refractivity contribution in [3.63, 3.8) is 0 Å². The van der Waals surface area contributed by atoms with Crippen molar-refractivity contribution in [1.29, 1.82) is 0 Å². The summed E-state index contributed by atoms with van der Waals surface area (Å²) in [6.07, 6.45) is 8.76. The van der Waals surface area contributed by atoms with Gasteiger partial charge in [-0.05, 0) is 43.7 Å². The van der Waals surface area contributed by atoms with Crippen LogP contribution in [0.15, 0.2) is 4.99 Å². The second kappa shape index (κ2) is 7.20. The number of aryl methyl sites for hydroxylation is 1. The van der Waals surface area contributed by atoms with Crippen molar-refractivity contribution in [2.24, 2.45) is 4.99 Å². The van der Waals surface area contributed by atoms with Crippen LogP contribution in [0, 0.1) is 6.92 Å². The molecule has 0 unspecified atom stereocenters. The molecule has 0 N–H and O–H groups in total. The molecule has 1 amide bonds. The van der Waals surface area contributed by atoms with Crippen molar-refractivity contribution in [2.75, 3.05) is 11.9 Å². The molecule has 3 nitrogen and oxygen atoms in total. The van der Waals surface area contributed by atoms with E-state index < -0.39 is 0 Å². The molecule has 0 atom stereocenters. The molecule has 1 aromatic rings. The van der Waals surface area contributed by atoms with Gasteiger partial charge in [-0.1, -0.05) is 22.4 Å². The number of fused-ring (bicyclic) bond motifs is 1. The number of alkyl halides is 1. The van der Waals surface area contributed by atoms with E-state index in [-0.39, 0.29) is 0 Å². The Morgan fingerprint density at radius 3 is 2.89 bits per heavy atom. The van der Waals surface area contributed by atoms with Gasteiger partial charge in [-0.25, -0.2) is 4.99 Å². The summed E-state index contributed by atoms with van der Waals surface area (Å²) in [4.78, 5) is 18.4. The van der Waals surface area contributed by atoms with Crippen molar-refractivity contribution >= 4 is 45.0 Å². The van der Waals surface area contributed by atoms with E-state index >= 15 is 0 Å². The molecule has 1 aliphatic carbocycles. The molecular weight excluding hydrogens is 324 g/mol. The van der Waals surface area contributed by atoms with E-state index in [4.69, 9.17) is 0 Å². The average molecular weight is 343 g/mol. The molecule has 19 heavy (non-hydrogen) atoms. The third-order valence-electron chi connectivity index (χ3n) is 3.46. The number of hydrogen-bond acceptors (Lipinski definition) is 3. The summed E-state index contributed by atoms with van der Waals surface area (Å²) in [7, 11) is 0. The van der Waals surface area contributed by atoms with Gasteiger partial charge in [0.05, 0.1) is 6.34 Å². The Balaban J connectivity index is 2.17. The van der Waals surface area contributed by atoms with Gasteiger partial charge in [0.25, 0.3) is 0 Å². The Labute approximate surface area is 126 Å². The zero-order valence-electron chi connectivity index (χ0n) is 11.2. The van der Waals surface area contributed by atoms with E-state index in [0.29, 0.717) is 6.54 Å². The van der Waals surface area contributed by atoms with E-state index in [2.05, 4.69) is 27.8 Å². The van der Waals surface area contributed by atoms with Crippen molar-refractivity contribution in [1.82, 2.24) is 4.90 Å². The number of aliphatic imine (C=N–C) groups is 1. The Morgan fingerprint density at radius 1 is 1.37 bits per heavy atom. The molecule has 0 aromatic carbocycles. The Morgan fingerprint density at radius 2 is 2.16 bits per heavy atom. The van der Waals surface area contributed by atoms with Gasteiger partial charge in [0.2, 0.25) is 6.41 Å². The molecule has 0 aliphatic heterocycles. The highest BCUT2D eigenvalue weighted by molar-refractivity contribution is 9.09. The highest BCUT2D eigenvalue weighted by Crippen LogP contribution is 2.38. The van der Waals surface area contributed by atoms with Gasteiger partial charge < -0.3 is 4.90 Å². The molecule has 1 aliphatic rings. The number of carbonyl (C=O) groups is 1. The van der Waals surface area contributed by atoms with Crippen LogP contribution in [0.2, 0.25) is 0 Å². The summed E-state index contributed by atoms with van der Waals surface area (Å²) in [5.74, 6) is 0. The maximum Gasteiger partial charge on any atom is 0.214 e. The molecule has 1 aromatic heterocycles. The van der Waals surface area contributed by atoms with Gasteiger partial charge in [0.1, 0.15) is 5.00 Å². The molecule has 0 radical (unpaired) electrons. The van der Waals surface area contributed by atoms with E-state index in [0.717, 1.165) is 16.7 Å². The molecule has 0 saturated carbocycles. The van der Waals surface area contributed by atoms with Crippen LogP contribution < -0.4 is 0 Å². The number of thiophene rings is 1. The number of carbonyl (C=O) groups excluding carboxylic acids is 1. The molecule has 0 bridgehead atoms. The summed E-state index contributed by atoms with van der Waals surface area (Å²) in [6.45, 7) is 2.81. The van der Waals surface area contributed by atoms with E-state index in [1.807, 2.05) is 0 Å². The minimum atomic E-state index is 0.650. The molecule has 1 heterocycles. The predicted octanol–water partition coefficient (Wildman–Crippen LogP) is 3.84. The maximum absolute atomic E-state index is 10.9. The van der Waals surface area contributed by atoms with Gasteiger partial charge >= 0.3 is 0 Å². The van der Waals surface area contributed by atoms with Gasteiger partial charge in [0, 0.05) is 16.8 Å².